The topological polar surface area (TPSA) is 14.7 Å². The quantitative estimate of drug-likeness (QED) is 0.102. The molecule has 0 bridgehead atoms. The first-order valence-electron chi connectivity index (χ1n) is 52.5. The molecule has 0 radical (unpaired) electrons. The lowest BCUT2D eigenvalue weighted by atomic mass is 9.70. The van der Waals surface area contributed by atoms with Gasteiger partial charge in [0.05, 0.1) is 27.8 Å². The third kappa shape index (κ3) is 14.8. The minimum Gasteiger partial charge on any atom is -0.311 e. The van der Waals surface area contributed by atoms with E-state index in [1.807, 2.05) is 0 Å². The molecule has 5 aliphatic carbocycles. The molecule has 24 aromatic rings. The third-order valence-electron chi connectivity index (χ3n) is 32.7. The predicted octanol–water partition coefficient (Wildman–Crippen LogP) is 39.3. The molecule has 1 aromatic heterocycles. The molecule has 712 valence electrons. The first kappa shape index (κ1) is 90.3. The maximum atomic E-state index is 2.57. The van der Waals surface area contributed by atoms with Crippen LogP contribution < -0.4 is 14.7 Å². The fraction of sp³-hybridized carbons (Fsp3) is 0.0685. The van der Waals surface area contributed by atoms with E-state index in [-0.39, 0.29) is 16.2 Å². The normalized spacial score (nSPS) is 13.5. The van der Waals surface area contributed by atoms with Crippen LogP contribution in [0.1, 0.15) is 97.2 Å². The Kier molecular flexibility index (Phi) is 21.9. The van der Waals surface area contributed by atoms with E-state index < -0.39 is 5.41 Å². The standard InChI is InChI=1S/C52H37N.C48H34N2.C46H37N/c1-51(2)42-26-10-6-23-39(42)40-25-15-32-48(50(40)51)53(36-20-14-19-35(33-36)34-17-4-3-5-18-34)47-31-16-30-46-49(47)41-24-9-13-29-45(41)52(46)43-27-11-7-21-37(43)38-22-8-12-28-44(38)52;1-3-11-35(12-4-1)37-19-27-41(28-20-37)49(42-29-21-38(22-30-42)36-13-5-2-6-14-36)43-31-23-39(24-32-43)40-25-33-44(34-26-40)50-47-17-9-7-15-45(47)46-16-8-10-18-48(46)50;1-45(2)40-17-11-10-16-37(40)38-25-23-34(28-42(38)45)47(33-21-18-31(19-22-33)30-12-6-5-7-13-30)35-24-26-39-43(29-35)46(3,4)41-27-20-32-14-8-9-15-36(32)44(39)41/h3-33H,1-2H3;1-34H;5-29H,1-4H3. The fourth-order valence-corrected chi connectivity index (χ4v) is 25.6. The van der Waals surface area contributed by atoms with Crippen molar-refractivity contribution in [2.24, 2.45) is 0 Å². The number of para-hydroxylation sites is 2. The van der Waals surface area contributed by atoms with Gasteiger partial charge in [-0.15, -0.1) is 0 Å². The number of nitrogens with zero attached hydrogens (tertiary/aromatic N) is 4. The zero-order chi connectivity index (χ0) is 101. The molecule has 23 aromatic carbocycles. The van der Waals surface area contributed by atoms with Gasteiger partial charge >= 0.3 is 0 Å². The molecule has 4 nitrogen and oxygen atoms in total. The Labute approximate surface area is 878 Å². The summed E-state index contributed by atoms with van der Waals surface area (Å²) in [5, 5.41) is 5.17. The summed E-state index contributed by atoms with van der Waals surface area (Å²) in [5.74, 6) is 0. The SMILES string of the molecule is CC1(C)c2ccccc2-c2ccc(N(c3ccc(-c4ccccc4)cc3)c3ccc4c(c3)C(C)(C)c3ccc5ccccc5c3-4)cc21.CC1(C)c2ccccc2-c2cccc(N(c3cccc(-c4ccccc4)c3)c3cccc4c3-c3ccccc3C43c4ccccc4-c4ccccc43)c21.c1ccc(-c2ccc(N(c3ccc(-c4ccccc4)cc3)c3ccc(-c4ccc(-n5c6ccccc6c6ccccc65)cc4)cc3)cc2)cc1. The first-order valence-corrected chi connectivity index (χ1v) is 52.5. The van der Waals surface area contributed by atoms with Crippen LogP contribution in [0.4, 0.5) is 51.2 Å². The van der Waals surface area contributed by atoms with Crippen LogP contribution in [0.3, 0.4) is 0 Å². The Morgan fingerprint density at radius 3 is 0.987 bits per heavy atom. The molecule has 0 saturated carbocycles. The second-order valence-corrected chi connectivity index (χ2v) is 42.0. The van der Waals surface area contributed by atoms with Crippen molar-refractivity contribution >= 4 is 83.8 Å². The van der Waals surface area contributed by atoms with Crippen molar-refractivity contribution in [1.29, 1.82) is 0 Å². The fourth-order valence-electron chi connectivity index (χ4n) is 25.6. The van der Waals surface area contributed by atoms with Crippen molar-refractivity contribution in [3.8, 4) is 117 Å². The van der Waals surface area contributed by atoms with Crippen LogP contribution >= 0.6 is 0 Å². The molecule has 29 rings (SSSR count). The highest BCUT2D eigenvalue weighted by atomic mass is 15.2. The lowest BCUT2D eigenvalue weighted by Gasteiger charge is -2.34. The van der Waals surface area contributed by atoms with Crippen LogP contribution in [0.5, 0.6) is 0 Å². The van der Waals surface area contributed by atoms with E-state index in [0.29, 0.717) is 0 Å². The monoisotopic (exact) mass is 1920 g/mol. The molecule has 1 spiro atoms. The summed E-state index contributed by atoms with van der Waals surface area (Å²) in [4.78, 5) is 7.35. The zero-order valence-corrected chi connectivity index (χ0v) is 84.8. The van der Waals surface area contributed by atoms with Gasteiger partial charge in [0.25, 0.3) is 0 Å². The summed E-state index contributed by atoms with van der Waals surface area (Å²) in [5.41, 5.74) is 52.2. The average molecular weight is 1920 g/mol. The molecule has 0 amide bonds. The molecule has 1 heterocycles. The predicted molar refractivity (Wildman–Crippen MR) is 631 cm³/mol. The van der Waals surface area contributed by atoms with E-state index in [0.717, 1.165) is 34.1 Å². The van der Waals surface area contributed by atoms with Crippen LogP contribution in [0, 0.1) is 0 Å². The number of fused-ring (bicyclic) bond motifs is 24. The van der Waals surface area contributed by atoms with Crippen molar-refractivity contribution in [1.82, 2.24) is 4.57 Å². The van der Waals surface area contributed by atoms with E-state index in [4.69, 9.17) is 0 Å². The van der Waals surface area contributed by atoms with E-state index in [1.54, 1.807) is 0 Å². The number of rotatable bonds is 15. The van der Waals surface area contributed by atoms with Crippen LogP contribution in [0.2, 0.25) is 0 Å². The second-order valence-electron chi connectivity index (χ2n) is 42.0. The van der Waals surface area contributed by atoms with Gasteiger partial charge in [0, 0.05) is 78.1 Å². The minimum absolute atomic E-state index is 0.0760. The molecule has 0 atom stereocenters. The molecular weight excluding hydrogens is 1810 g/mol. The number of aromatic nitrogens is 1. The van der Waals surface area contributed by atoms with E-state index >= 15 is 0 Å². The van der Waals surface area contributed by atoms with Gasteiger partial charge in [-0.2, -0.15) is 0 Å². The molecule has 5 aliphatic rings. The maximum absolute atomic E-state index is 2.57. The number of hydrogen-bond acceptors (Lipinski definition) is 3. The maximum Gasteiger partial charge on any atom is 0.0726 e. The van der Waals surface area contributed by atoms with Crippen molar-refractivity contribution in [2.45, 2.75) is 63.2 Å². The molecule has 0 aliphatic heterocycles. The molecule has 0 unspecified atom stereocenters. The van der Waals surface area contributed by atoms with Crippen LogP contribution in [-0.4, -0.2) is 4.57 Å². The van der Waals surface area contributed by atoms with E-state index in [2.05, 4.69) is 607 Å². The summed E-state index contributed by atoms with van der Waals surface area (Å²) >= 11 is 0. The number of benzene rings is 23. The summed E-state index contributed by atoms with van der Waals surface area (Å²) < 4.78 is 2.36. The Bertz CT molecular complexity index is 9180. The van der Waals surface area contributed by atoms with Crippen molar-refractivity contribution < 1.29 is 0 Å². The lowest BCUT2D eigenvalue weighted by Crippen LogP contribution is -2.26. The summed E-state index contributed by atoms with van der Waals surface area (Å²) in [6, 6.07) is 200. The Morgan fingerprint density at radius 1 is 0.167 bits per heavy atom. The first-order chi connectivity index (χ1) is 73.7. The minimum atomic E-state index is -0.416. The molecule has 4 heteroatoms. The summed E-state index contributed by atoms with van der Waals surface area (Å²) in [6.07, 6.45) is 0. The van der Waals surface area contributed by atoms with Gasteiger partial charge < -0.3 is 19.3 Å². The zero-order valence-electron chi connectivity index (χ0n) is 84.8. The highest BCUT2D eigenvalue weighted by molar-refractivity contribution is 6.10. The van der Waals surface area contributed by atoms with Crippen LogP contribution in [-0.2, 0) is 21.7 Å². The van der Waals surface area contributed by atoms with Gasteiger partial charge in [0.2, 0.25) is 0 Å². The molecule has 0 saturated heterocycles. The molecular formula is C146H108N4. The largest absolute Gasteiger partial charge is 0.311 e. The highest BCUT2D eigenvalue weighted by Gasteiger charge is 2.53. The van der Waals surface area contributed by atoms with Crippen LogP contribution in [0.15, 0.2) is 546 Å². The molecule has 150 heavy (non-hydrogen) atoms. The van der Waals surface area contributed by atoms with Gasteiger partial charge in [-0.1, -0.05) is 466 Å². The van der Waals surface area contributed by atoms with Crippen LogP contribution in [0.25, 0.3) is 150 Å². The second kappa shape index (κ2) is 36.3. The molecule has 0 N–H and O–H groups in total. The van der Waals surface area contributed by atoms with Gasteiger partial charge in [-0.3, -0.25) is 0 Å². The lowest BCUT2D eigenvalue weighted by molar-refractivity contribution is 0.660. The van der Waals surface area contributed by atoms with Gasteiger partial charge in [0.1, 0.15) is 0 Å². The average Bonchev–Trinajstić information content (AvgIpc) is 1.50. The van der Waals surface area contributed by atoms with E-state index in [9.17, 15) is 0 Å². The Balaban J connectivity index is 0.000000111. The number of hydrogen-bond donors (Lipinski definition) is 0. The Morgan fingerprint density at radius 2 is 0.480 bits per heavy atom. The molecule has 0 fully saturated rings. The van der Waals surface area contributed by atoms with Gasteiger partial charge in [-0.25, -0.2) is 0 Å². The Hall–Kier alpha value is -18.5. The van der Waals surface area contributed by atoms with Crippen molar-refractivity contribution in [2.75, 3.05) is 14.7 Å². The van der Waals surface area contributed by atoms with Crippen molar-refractivity contribution in [3.63, 3.8) is 0 Å². The smallest absolute Gasteiger partial charge is 0.0726 e. The number of anilines is 9. The van der Waals surface area contributed by atoms with E-state index in [1.165, 1.54) is 222 Å². The highest BCUT2D eigenvalue weighted by Crippen LogP contribution is 2.67. The summed E-state index contributed by atoms with van der Waals surface area (Å²) in [7, 11) is 0. The van der Waals surface area contributed by atoms with Crippen molar-refractivity contribution in [3.05, 3.63) is 602 Å². The summed E-state index contributed by atoms with van der Waals surface area (Å²) in [6.45, 7) is 14.3. The third-order valence-corrected chi connectivity index (χ3v) is 32.7. The van der Waals surface area contributed by atoms with Gasteiger partial charge in [0.15, 0.2) is 0 Å². The van der Waals surface area contributed by atoms with Gasteiger partial charge in [-0.05, 0) is 293 Å².